The number of nitrogens with one attached hydrogen (secondary N) is 2. The highest BCUT2D eigenvalue weighted by Crippen LogP contribution is 2.09. The van der Waals surface area contributed by atoms with E-state index >= 15 is 0 Å². The molecule has 0 aromatic carbocycles. The van der Waals surface area contributed by atoms with Gasteiger partial charge in [-0.05, 0) is 13.8 Å². The van der Waals surface area contributed by atoms with Gasteiger partial charge < -0.3 is 31.6 Å². The summed E-state index contributed by atoms with van der Waals surface area (Å²) in [6, 6.07) is -0.728. The predicted molar refractivity (Wildman–Crippen MR) is 74.7 cm³/mol. The van der Waals surface area contributed by atoms with Crippen molar-refractivity contribution in [2.45, 2.75) is 32.6 Å². The molecular weight excluding hydrogens is 264 g/mol. The Labute approximate surface area is 119 Å². The zero-order chi connectivity index (χ0) is 15.6. The second-order valence-corrected chi connectivity index (χ2v) is 4.67. The Bertz CT molecular complexity index is 310. The standard InChI is InChI=1S/C12H26N4O4/c1-9(17)16-10(8-14)11(18)15-5-7-20-12(2,3)19-6-4-13/h10H,4-8,13-14H2,1-3H3,(H,15,18)(H,16,17). The Hall–Kier alpha value is -1.22. The van der Waals surface area contributed by atoms with Crippen LogP contribution in [0.15, 0.2) is 0 Å². The number of nitrogens with two attached hydrogens (primary N) is 2. The third-order valence-corrected chi connectivity index (χ3v) is 2.35. The van der Waals surface area contributed by atoms with Crippen LogP contribution >= 0.6 is 0 Å². The Morgan fingerprint density at radius 3 is 2.30 bits per heavy atom. The molecule has 0 aliphatic heterocycles. The summed E-state index contributed by atoms with van der Waals surface area (Å²) in [5, 5.41) is 5.09. The van der Waals surface area contributed by atoms with Crippen molar-refractivity contribution < 1.29 is 19.1 Å². The molecule has 0 aromatic heterocycles. The fourth-order valence-electron chi connectivity index (χ4n) is 1.42. The minimum atomic E-state index is -0.755. The van der Waals surface area contributed by atoms with Crippen molar-refractivity contribution in [1.29, 1.82) is 0 Å². The number of hydrogen-bond acceptors (Lipinski definition) is 6. The average molecular weight is 290 g/mol. The zero-order valence-corrected chi connectivity index (χ0v) is 12.4. The molecule has 0 radical (unpaired) electrons. The van der Waals surface area contributed by atoms with E-state index < -0.39 is 11.8 Å². The molecule has 0 rings (SSSR count). The Kier molecular flexibility index (Phi) is 9.06. The summed E-state index contributed by atoms with van der Waals surface area (Å²) in [6.07, 6.45) is 0. The van der Waals surface area contributed by atoms with Crippen molar-refractivity contribution in [2.24, 2.45) is 11.5 Å². The molecule has 0 fully saturated rings. The van der Waals surface area contributed by atoms with E-state index in [0.717, 1.165) is 0 Å². The van der Waals surface area contributed by atoms with Crippen LogP contribution in [0.1, 0.15) is 20.8 Å². The van der Waals surface area contributed by atoms with Gasteiger partial charge >= 0.3 is 0 Å². The van der Waals surface area contributed by atoms with Crippen molar-refractivity contribution in [3.05, 3.63) is 0 Å². The van der Waals surface area contributed by atoms with E-state index in [-0.39, 0.29) is 25.0 Å². The first-order valence-electron chi connectivity index (χ1n) is 6.55. The largest absolute Gasteiger partial charge is 0.352 e. The molecule has 20 heavy (non-hydrogen) atoms. The number of amides is 2. The molecule has 0 bridgehead atoms. The fourth-order valence-corrected chi connectivity index (χ4v) is 1.42. The van der Waals surface area contributed by atoms with Gasteiger partial charge in [0, 0.05) is 26.6 Å². The first kappa shape index (κ1) is 18.8. The predicted octanol–water partition coefficient (Wildman–Crippen LogP) is -1.71. The Morgan fingerprint density at radius 1 is 1.20 bits per heavy atom. The normalized spacial score (nSPS) is 12.8. The summed E-state index contributed by atoms with van der Waals surface area (Å²) in [4.78, 5) is 22.6. The van der Waals surface area contributed by atoms with Crippen molar-refractivity contribution in [3.63, 3.8) is 0 Å². The van der Waals surface area contributed by atoms with E-state index in [1.165, 1.54) is 6.92 Å². The number of carbonyl (C=O) groups is 2. The first-order valence-corrected chi connectivity index (χ1v) is 6.55. The molecule has 6 N–H and O–H groups in total. The van der Waals surface area contributed by atoms with Crippen LogP contribution < -0.4 is 22.1 Å². The summed E-state index contributed by atoms with van der Waals surface area (Å²) < 4.78 is 10.8. The molecule has 0 spiro atoms. The fraction of sp³-hybridized carbons (Fsp3) is 0.833. The lowest BCUT2D eigenvalue weighted by Crippen LogP contribution is -2.51. The molecule has 1 unspecified atom stereocenters. The minimum absolute atomic E-state index is 0.0391. The van der Waals surface area contributed by atoms with Gasteiger partial charge in [0.15, 0.2) is 5.79 Å². The van der Waals surface area contributed by atoms with E-state index in [9.17, 15) is 9.59 Å². The monoisotopic (exact) mass is 290 g/mol. The zero-order valence-electron chi connectivity index (χ0n) is 12.4. The molecule has 1 atom stereocenters. The minimum Gasteiger partial charge on any atom is -0.352 e. The van der Waals surface area contributed by atoms with Crippen LogP contribution in [0.2, 0.25) is 0 Å². The van der Waals surface area contributed by atoms with E-state index in [1.54, 1.807) is 13.8 Å². The van der Waals surface area contributed by atoms with Crippen LogP contribution in [-0.4, -0.2) is 56.5 Å². The van der Waals surface area contributed by atoms with Crippen molar-refractivity contribution in [1.82, 2.24) is 10.6 Å². The second kappa shape index (κ2) is 9.65. The maximum atomic E-state index is 11.7. The van der Waals surface area contributed by atoms with E-state index in [2.05, 4.69) is 10.6 Å². The maximum absolute atomic E-state index is 11.7. The maximum Gasteiger partial charge on any atom is 0.243 e. The topological polar surface area (TPSA) is 129 Å². The highest BCUT2D eigenvalue weighted by atomic mass is 16.7. The van der Waals surface area contributed by atoms with Gasteiger partial charge in [0.1, 0.15) is 6.04 Å². The van der Waals surface area contributed by atoms with Gasteiger partial charge in [-0.15, -0.1) is 0 Å². The molecule has 0 heterocycles. The first-order chi connectivity index (χ1) is 9.32. The van der Waals surface area contributed by atoms with Gasteiger partial charge in [-0.1, -0.05) is 0 Å². The van der Waals surface area contributed by atoms with Crippen LogP contribution in [0, 0.1) is 0 Å². The summed E-state index contributed by atoms with van der Waals surface area (Å²) in [7, 11) is 0. The van der Waals surface area contributed by atoms with Crippen molar-refractivity contribution in [2.75, 3.05) is 32.8 Å². The number of carbonyl (C=O) groups excluding carboxylic acids is 2. The molecule has 0 saturated carbocycles. The summed E-state index contributed by atoms with van der Waals surface area (Å²) in [6.45, 7) is 6.29. The van der Waals surface area contributed by atoms with Crippen LogP contribution in [0.25, 0.3) is 0 Å². The van der Waals surface area contributed by atoms with Crippen LogP contribution in [0.5, 0.6) is 0 Å². The summed E-state index contributed by atoms with van der Waals surface area (Å²) in [5.41, 5.74) is 10.7. The highest BCUT2D eigenvalue weighted by Gasteiger charge is 2.19. The number of rotatable bonds is 10. The number of ether oxygens (including phenoxy) is 2. The third-order valence-electron chi connectivity index (χ3n) is 2.35. The Morgan fingerprint density at radius 2 is 1.80 bits per heavy atom. The van der Waals surface area contributed by atoms with Crippen LogP contribution in [-0.2, 0) is 19.1 Å². The van der Waals surface area contributed by atoms with Crippen molar-refractivity contribution in [3.8, 4) is 0 Å². The molecule has 0 aliphatic carbocycles. The van der Waals surface area contributed by atoms with Crippen LogP contribution in [0.4, 0.5) is 0 Å². The van der Waals surface area contributed by atoms with Gasteiger partial charge in [0.2, 0.25) is 11.8 Å². The quantitative estimate of drug-likeness (QED) is 0.280. The Balaban J connectivity index is 3.93. The van der Waals surface area contributed by atoms with Gasteiger partial charge in [0.05, 0.1) is 13.2 Å². The average Bonchev–Trinajstić information content (AvgIpc) is 2.38. The lowest BCUT2D eigenvalue weighted by molar-refractivity contribution is -0.210. The van der Waals surface area contributed by atoms with E-state index in [4.69, 9.17) is 20.9 Å². The van der Waals surface area contributed by atoms with Gasteiger partial charge in [-0.3, -0.25) is 9.59 Å². The summed E-state index contributed by atoms with van der Waals surface area (Å²) in [5.74, 6) is -1.40. The SMILES string of the molecule is CC(=O)NC(CN)C(=O)NCCOC(C)(C)OCCN. The lowest BCUT2D eigenvalue weighted by Gasteiger charge is -2.25. The van der Waals surface area contributed by atoms with Gasteiger partial charge in [-0.25, -0.2) is 0 Å². The third kappa shape index (κ3) is 8.81. The van der Waals surface area contributed by atoms with Crippen LogP contribution in [0.3, 0.4) is 0 Å². The van der Waals surface area contributed by atoms with Gasteiger partial charge in [-0.2, -0.15) is 0 Å². The molecule has 0 aliphatic rings. The van der Waals surface area contributed by atoms with E-state index in [0.29, 0.717) is 19.7 Å². The molecule has 2 amide bonds. The lowest BCUT2D eigenvalue weighted by atomic mass is 10.2. The van der Waals surface area contributed by atoms with Gasteiger partial charge in [0.25, 0.3) is 0 Å². The highest BCUT2D eigenvalue weighted by molar-refractivity contribution is 5.86. The molecule has 0 saturated heterocycles. The van der Waals surface area contributed by atoms with Crippen molar-refractivity contribution >= 4 is 11.8 Å². The molecule has 8 nitrogen and oxygen atoms in total. The summed E-state index contributed by atoms with van der Waals surface area (Å²) >= 11 is 0. The van der Waals surface area contributed by atoms with E-state index in [1.807, 2.05) is 0 Å². The smallest absolute Gasteiger partial charge is 0.243 e. The molecular formula is C12H26N4O4. The second-order valence-electron chi connectivity index (χ2n) is 4.67. The number of hydrogen-bond donors (Lipinski definition) is 4. The molecule has 8 heteroatoms. The molecule has 0 aromatic rings. The molecule has 118 valence electrons.